The number of benzodiazepines with no additional fused rings is 1. The number of fused-ring (bicyclic) bond motifs is 1. The van der Waals surface area contributed by atoms with Crippen LogP contribution in [0.25, 0.3) is 0 Å². The smallest absolute Gasteiger partial charge is 0.326 e. The molecule has 0 bridgehead atoms. The quantitative estimate of drug-likeness (QED) is 0.176. The summed E-state index contributed by atoms with van der Waals surface area (Å²) in [7, 11) is 4.97. The number of anilines is 1. The minimum absolute atomic E-state index is 0.310. The van der Waals surface area contributed by atoms with Gasteiger partial charge in [-0.3, -0.25) is 19.1 Å². The van der Waals surface area contributed by atoms with E-state index in [0.29, 0.717) is 34.8 Å². The predicted octanol–water partition coefficient (Wildman–Crippen LogP) is 5.19. The molecular formula is C30H35F6N5O3S. The summed E-state index contributed by atoms with van der Waals surface area (Å²) in [5.41, 5.74) is 1.89. The van der Waals surface area contributed by atoms with Crippen LogP contribution in [-0.4, -0.2) is 80.3 Å². The highest BCUT2D eigenvalue weighted by atomic mass is 32.2. The zero-order valence-electron chi connectivity index (χ0n) is 24.9. The Bertz CT molecular complexity index is 1350. The topological polar surface area (TPSA) is 94.1 Å². The molecule has 15 heteroatoms. The van der Waals surface area contributed by atoms with E-state index in [1.165, 1.54) is 11.9 Å². The van der Waals surface area contributed by atoms with Crippen LogP contribution in [-0.2, 0) is 14.4 Å². The van der Waals surface area contributed by atoms with Crippen molar-refractivity contribution in [3.05, 3.63) is 65.7 Å². The van der Waals surface area contributed by atoms with Crippen LogP contribution in [0.1, 0.15) is 36.8 Å². The number of para-hydroxylation sites is 1. The average molecular weight is 660 g/mol. The van der Waals surface area contributed by atoms with Gasteiger partial charge in [0.2, 0.25) is 18.0 Å². The second kappa shape index (κ2) is 15.6. The van der Waals surface area contributed by atoms with Gasteiger partial charge in [-0.25, -0.2) is 4.99 Å². The van der Waals surface area contributed by atoms with E-state index in [0.717, 1.165) is 11.9 Å². The molecule has 2 aromatic rings. The average Bonchev–Trinajstić information content (AvgIpc) is 3.06. The number of rotatable bonds is 13. The van der Waals surface area contributed by atoms with E-state index >= 15 is 0 Å². The van der Waals surface area contributed by atoms with Crippen molar-refractivity contribution in [3.63, 3.8) is 0 Å². The van der Waals surface area contributed by atoms with Gasteiger partial charge in [0.25, 0.3) is 5.91 Å². The molecule has 1 aliphatic heterocycles. The van der Waals surface area contributed by atoms with E-state index in [9.17, 15) is 40.7 Å². The largest absolute Gasteiger partial charge is 0.389 e. The van der Waals surface area contributed by atoms with Crippen LogP contribution in [0.3, 0.4) is 0 Å². The molecule has 3 amide bonds. The standard InChI is InChI=1S/C30H35F6N5O3S/c1-40(2)17-18-45-39-27(43)21(14-16-30(34,35)36)20(13-15-29(31,32)33)26(42)38-25-28(44)41(3)23-12-8-7-11-22(23)24(37-25)19-9-5-4-6-10-19/h4-12,20-21,25H,13-18H2,1-3H3,(H,38,42)(H,39,43)/t20-,21+,25+/m0/s1. The van der Waals surface area contributed by atoms with Crippen LogP contribution in [0.2, 0.25) is 0 Å². The minimum Gasteiger partial charge on any atom is -0.326 e. The van der Waals surface area contributed by atoms with Crippen LogP contribution in [0.5, 0.6) is 0 Å². The lowest BCUT2D eigenvalue weighted by Crippen LogP contribution is -2.50. The normalized spacial score (nSPS) is 16.8. The molecule has 0 spiro atoms. The molecule has 1 aliphatic rings. The predicted molar refractivity (Wildman–Crippen MR) is 161 cm³/mol. The number of benzene rings is 2. The maximum atomic E-state index is 13.7. The molecule has 0 saturated heterocycles. The van der Waals surface area contributed by atoms with E-state index in [1.54, 1.807) is 73.6 Å². The minimum atomic E-state index is -4.76. The monoisotopic (exact) mass is 659 g/mol. The zero-order chi connectivity index (χ0) is 33.4. The number of alkyl halides is 6. The Morgan fingerprint density at radius 2 is 1.47 bits per heavy atom. The molecule has 2 N–H and O–H groups in total. The lowest BCUT2D eigenvalue weighted by molar-refractivity contribution is -0.152. The van der Waals surface area contributed by atoms with Gasteiger partial charge in [-0.2, -0.15) is 26.3 Å². The summed E-state index contributed by atoms with van der Waals surface area (Å²) >= 11 is 0.875. The molecule has 0 unspecified atom stereocenters. The van der Waals surface area contributed by atoms with E-state index in [1.807, 2.05) is 0 Å². The van der Waals surface area contributed by atoms with E-state index in [-0.39, 0.29) is 0 Å². The summed E-state index contributed by atoms with van der Waals surface area (Å²) in [5.74, 6) is -6.20. The van der Waals surface area contributed by atoms with Gasteiger partial charge in [-0.1, -0.05) is 48.5 Å². The molecule has 3 rings (SSSR count). The van der Waals surface area contributed by atoms with Gasteiger partial charge >= 0.3 is 12.4 Å². The van der Waals surface area contributed by atoms with Crippen molar-refractivity contribution in [2.45, 2.75) is 44.2 Å². The Morgan fingerprint density at radius 1 is 0.911 bits per heavy atom. The molecule has 0 radical (unpaired) electrons. The van der Waals surface area contributed by atoms with E-state index < -0.39 is 73.8 Å². The number of likely N-dealkylation sites (N-methyl/N-ethyl adjacent to an activating group) is 1. The van der Waals surface area contributed by atoms with Gasteiger partial charge in [-0.05, 0) is 45.0 Å². The van der Waals surface area contributed by atoms with Crippen molar-refractivity contribution >= 4 is 41.1 Å². The van der Waals surface area contributed by atoms with Crippen molar-refractivity contribution in [2.75, 3.05) is 38.3 Å². The lowest BCUT2D eigenvalue weighted by Gasteiger charge is -2.28. The highest BCUT2D eigenvalue weighted by Crippen LogP contribution is 2.34. The lowest BCUT2D eigenvalue weighted by atomic mass is 9.83. The summed E-state index contributed by atoms with van der Waals surface area (Å²) in [6.45, 7) is 0.498. The number of aliphatic imine (C=N–C) groups is 1. The summed E-state index contributed by atoms with van der Waals surface area (Å²) < 4.78 is 82.3. The van der Waals surface area contributed by atoms with Gasteiger partial charge in [0.05, 0.1) is 17.3 Å². The van der Waals surface area contributed by atoms with Crippen molar-refractivity contribution in [3.8, 4) is 0 Å². The number of amides is 3. The van der Waals surface area contributed by atoms with Gasteiger partial charge < -0.3 is 15.1 Å². The molecule has 1 heterocycles. The Morgan fingerprint density at radius 3 is 2.04 bits per heavy atom. The van der Waals surface area contributed by atoms with Crippen LogP contribution in [0, 0.1) is 11.8 Å². The fourth-order valence-corrected chi connectivity index (χ4v) is 5.63. The summed E-state index contributed by atoms with van der Waals surface area (Å²) in [6, 6.07) is 15.5. The van der Waals surface area contributed by atoms with E-state index in [2.05, 4.69) is 15.0 Å². The molecule has 8 nitrogen and oxygen atoms in total. The second-order valence-corrected chi connectivity index (χ2v) is 11.7. The first-order valence-electron chi connectivity index (χ1n) is 14.1. The molecule has 0 aromatic heterocycles. The maximum absolute atomic E-state index is 13.7. The first-order chi connectivity index (χ1) is 21.1. The SMILES string of the molecule is CN(C)CCSNC(=O)[C@H](CCC(F)(F)F)[C@H](CCC(F)(F)F)C(=O)N[C@H]1N=C(c2ccccc2)c2ccccc2N(C)C1=O. The molecule has 0 saturated carbocycles. The number of carbonyl (C=O) groups is 3. The Kier molecular flexibility index (Phi) is 12.4. The van der Waals surface area contributed by atoms with Crippen molar-refractivity contribution in [1.29, 1.82) is 0 Å². The van der Waals surface area contributed by atoms with Crippen LogP contribution in [0.15, 0.2) is 59.6 Å². The Balaban J connectivity index is 1.99. The molecule has 0 fully saturated rings. The highest BCUT2D eigenvalue weighted by molar-refractivity contribution is 7.97. The summed E-state index contributed by atoms with van der Waals surface area (Å²) in [4.78, 5) is 47.9. The number of hydrogen-bond acceptors (Lipinski definition) is 6. The van der Waals surface area contributed by atoms with Crippen LogP contribution < -0.4 is 14.9 Å². The Labute approximate surface area is 261 Å². The molecule has 246 valence electrons. The second-order valence-electron chi connectivity index (χ2n) is 10.8. The van der Waals surface area contributed by atoms with E-state index in [4.69, 9.17) is 0 Å². The highest BCUT2D eigenvalue weighted by Gasteiger charge is 2.41. The first kappa shape index (κ1) is 35.9. The molecular weight excluding hydrogens is 624 g/mol. The number of hydrogen-bond donors (Lipinski definition) is 2. The third-order valence-corrected chi connectivity index (χ3v) is 7.85. The van der Waals surface area contributed by atoms with Gasteiger partial charge in [0.15, 0.2) is 0 Å². The van der Waals surface area contributed by atoms with Crippen molar-refractivity contribution in [2.24, 2.45) is 16.8 Å². The molecule has 3 atom stereocenters. The fourth-order valence-electron chi connectivity index (χ4n) is 4.78. The van der Waals surface area contributed by atoms with Crippen molar-refractivity contribution < 1.29 is 40.7 Å². The number of nitrogens with zero attached hydrogens (tertiary/aromatic N) is 3. The van der Waals surface area contributed by atoms with Gasteiger partial charge in [0.1, 0.15) is 0 Å². The zero-order valence-corrected chi connectivity index (χ0v) is 25.7. The maximum Gasteiger partial charge on any atom is 0.389 e. The van der Waals surface area contributed by atoms with Crippen LogP contribution in [0.4, 0.5) is 32.0 Å². The molecule has 45 heavy (non-hydrogen) atoms. The molecule has 0 aliphatic carbocycles. The number of carbonyl (C=O) groups excluding carboxylic acids is 3. The fraction of sp³-hybridized carbons (Fsp3) is 0.467. The third-order valence-electron chi connectivity index (χ3n) is 7.12. The van der Waals surface area contributed by atoms with Crippen molar-refractivity contribution in [1.82, 2.24) is 14.9 Å². The van der Waals surface area contributed by atoms with Gasteiger partial charge in [-0.15, -0.1) is 0 Å². The summed E-state index contributed by atoms with van der Waals surface area (Å²) in [6.07, 6.45) is -16.1. The first-order valence-corrected chi connectivity index (χ1v) is 15.1. The third kappa shape index (κ3) is 10.8. The van der Waals surface area contributed by atoms with Gasteiger partial charge in [0, 0.05) is 49.2 Å². The number of nitrogens with one attached hydrogen (secondary N) is 2. The summed E-state index contributed by atoms with van der Waals surface area (Å²) in [5, 5.41) is 2.36. The molecule has 2 aromatic carbocycles. The van der Waals surface area contributed by atoms with Crippen LogP contribution >= 0.6 is 11.9 Å². The number of halogens is 6. The Hall–Kier alpha value is -3.59.